The van der Waals surface area contributed by atoms with Crippen molar-refractivity contribution in [3.63, 3.8) is 0 Å². The molecule has 0 spiro atoms. The highest BCUT2D eigenvalue weighted by atomic mass is 16.5. The van der Waals surface area contributed by atoms with Gasteiger partial charge in [-0.05, 0) is 20.3 Å². The molecule has 2 heterocycles. The summed E-state index contributed by atoms with van der Waals surface area (Å²) < 4.78 is 5.45. The van der Waals surface area contributed by atoms with Crippen molar-refractivity contribution in [2.75, 3.05) is 20.2 Å². The van der Waals surface area contributed by atoms with Crippen LogP contribution in [0, 0.1) is 0 Å². The standard InChI is InChI=1S/C12H20N4O/c1-9(2)4-5-16-7-10(17-3)6-11(16)12-13-8-14-15-12/h4,8,10-11H,5-7H2,1-3H3,(H,13,14,15)/t10-,11+/m1/s1. The maximum absolute atomic E-state index is 5.45. The smallest absolute Gasteiger partial charge is 0.141 e. The van der Waals surface area contributed by atoms with Gasteiger partial charge in [0.1, 0.15) is 12.2 Å². The lowest BCUT2D eigenvalue weighted by Crippen LogP contribution is -2.26. The summed E-state index contributed by atoms with van der Waals surface area (Å²) in [5.74, 6) is 0.937. The number of aromatic nitrogens is 3. The fourth-order valence-corrected chi connectivity index (χ4v) is 2.19. The molecule has 5 heteroatoms. The Morgan fingerprint density at radius 2 is 2.47 bits per heavy atom. The normalized spacial score (nSPS) is 25.1. The summed E-state index contributed by atoms with van der Waals surface area (Å²) in [4.78, 5) is 6.64. The highest BCUT2D eigenvalue weighted by Gasteiger charge is 2.34. The Morgan fingerprint density at radius 3 is 3.06 bits per heavy atom. The number of ether oxygens (including phenoxy) is 1. The van der Waals surface area contributed by atoms with Gasteiger partial charge < -0.3 is 4.74 Å². The van der Waals surface area contributed by atoms with E-state index < -0.39 is 0 Å². The van der Waals surface area contributed by atoms with Gasteiger partial charge in [-0.25, -0.2) is 4.98 Å². The van der Waals surface area contributed by atoms with Gasteiger partial charge in [-0.15, -0.1) is 0 Å². The van der Waals surface area contributed by atoms with E-state index in [4.69, 9.17) is 4.74 Å². The monoisotopic (exact) mass is 236 g/mol. The molecule has 0 saturated carbocycles. The minimum Gasteiger partial charge on any atom is -0.380 e. The van der Waals surface area contributed by atoms with E-state index in [0.29, 0.717) is 0 Å². The van der Waals surface area contributed by atoms with Gasteiger partial charge in [0.05, 0.1) is 12.1 Å². The van der Waals surface area contributed by atoms with Gasteiger partial charge >= 0.3 is 0 Å². The lowest BCUT2D eigenvalue weighted by atomic mass is 10.2. The molecule has 0 bridgehead atoms. The van der Waals surface area contributed by atoms with Crippen molar-refractivity contribution in [2.24, 2.45) is 0 Å². The Balaban J connectivity index is 2.08. The molecule has 1 aliphatic rings. The van der Waals surface area contributed by atoms with E-state index >= 15 is 0 Å². The van der Waals surface area contributed by atoms with E-state index in [2.05, 4.69) is 40.0 Å². The van der Waals surface area contributed by atoms with Gasteiger partial charge in [-0.3, -0.25) is 10.00 Å². The Morgan fingerprint density at radius 1 is 1.65 bits per heavy atom. The first kappa shape index (κ1) is 12.3. The van der Waals surface area contributed by atoms with E-state index in [1.807, 2.05) is 0 Å². The first-order chi connectivity index (χ1) is 8.20. The van der Waals surface area contributed by atoms with Crippen molar-refractivity contribution >= 4 is 0 Å². The van der Waals surface area contributed by atoms with E-state index in [1.54, 1.807) is 13.4 Å². The lowest BCUT2D eigenvalue weighted by molar-refractivity contribution is 0.109. The molecule has 0 aliphatic carbocycles. The highest BCUT2D eigenvalue weighted by Crippen LogP contribution is 2.30. The van der Waals surface area contributed by atoms with Crippen LogP contribution >= 0.6 is 0 Å². The topological polar surface area (TPSA) is 54.0 Å². The molecule has 0 unspecified atom stereocenters. The molecule has 1 fully saturated rings. The quantitative estimate of drug-likeness (QED) is 0.806. The van der Waals surface area contributed by atoms with Gasteiger partial charge in [0.25, 0.3) is 0 Å². The van der Waals surface area contributed by atoms with Crippen LogP contribution < -0.4 is 0 Å². The molecular formula is C12H20N4O. The van der Waals surface area contributed by atoms with Crippen LogP contribution in [0.3, 0.4) is 0 Å². The predicted octanol–water partition coefficient (Wildman–Crippen LogP) is 1.53. The fourth-order valence-electron chi connectivity index (χ4n) is 2.19. The average molecular weight is 236 g/mol. The second-order valence-electron chi connectivity index (χ2n) is 4.72. The van der Waals surface area contributed by atoms with Crippen molar-refractivity contribution in [1.82, 2.24) is 20.1 Å². The second kappa shape index (κ2) is 5.42. The largest absolute Gasteiger partial charge is 0.380 e. The summed E-state index contributed by atoms with van der Waals surface area (Å²) in [6.45, 7) is 6.12. The molecular weight excluding hydrogens is 216 g/mol. The third kappa shape index (κ3) is 2.92. The van der Waals surface area contributed by atoms with Crippen LogP contribution in [0.25, 0.3) is 0 Å². The van der Waals surface area contributed by atoms with Crippen molar-refractivity contribution in [3.8, 4) is 0 Å². The van der Waals surface area contributed by atoms with Crippen molar-refractivity contribution in [2.45, 2.75) is 32.4 Å². The van der Waals surface area contributed by atoms with E-state index in [1.165, 1.54) is 5.57 Å². The Kier molecular flexibility index (Phi) is 3.91. The number of rotatable bonds is 4. The number of nitrogens with zero attached hydrogens (tertiary/aromatic N) is 3. The number of allylic oxidation sites excluding steroid dienone is 1. The Labute approximate surface area is 102 Å². The van der Waals surface area contributed by atoms with Crippen LogP contribution in [0.1, 0.15) is 32.1 Å². The first-order valence-electron chi connectivity index (χ1n) is 5.96. The molecule has 0 aromatic carbocycles. The summed E-state index contributed by atoms with van der Waals surface area (Å²) in [5.41, 5.74) is 1.34. The SMILES string of the molecule is CO[C@@H]1C[C@@H](c2ncn[nH]2)N(CC=C(C)C)C1. The summed E-state index contributed by atoms with van der Waals surface area (Å²) in [5, 5.41) is 6.89. The van der Waals surface area contributed by atoms with Gasteiger partial charge in [-0.1, -0.05) is 11.6 Å². The molecule has 1 N–H and O–H groups in total. The van der Waals surface area contributed by atoms with E-state index in [-0.39, 0.29) is 12.1 Å². The molecule has 17 heavy (non-hydrogen) atoms. The Bertz CT molecular complexity index is 370. The fraction of sp³-hybridized carbons (Fsp3) is 0.667. The zero-order chi connectivity index (χ0) is 12.3. The number of hydrogen-bond donors (Lipinski definition) is 1. The van der Waals surface area contributed by atoms with Crippen LogP contribution in [0.15, 0.2) is 18.0 Å². The number of aromatic amines is 1. The van der Waals surface area contributed by atoms with Gasteiger partial charge in [0.2, 0.25) is 0 Å². The molecule has 1 aliphatic heterocycles. The minimum absolute atomic E-state index is 0.288. The number of methoxy groups -OCH3 is 1. The van der Waals surface area contributed by atoms with E-state index in [9.17, 15) is 0 Å². The summed E-state index contributed by atoms with van der Waals surface area (Å²) in [7, 11) is 1.77. The second-order valence-corrected chi connectivity index (χ2v) is 4.72. The number of nitrogens with one attached hydrogen (secondary N) is 1. The molecule has 2 rings (SSSR count). The summed E-state index contributed by atoms with van der Waals surface area (Å²) in [6, 6.07) is 0.290. The third-order valence-electron chi connectivity index (χ3n) is 3.18. The molecule has 2 atom stereocenters. The third-order valence-corrected chi connectivity index (χ3v) is 3.18. The minimum atomic E-state index is 0.288. The van der Waals surface area contributed by atoms with Gasteiger partial charge in [-0.2, -0.15) is 5.10 Å². The number of hydrogen-bond acceptors (Lipinski definition) is 4. The van der Waals surface area contributed by atoms with Crippen LogP contribution in [0.4, 0.5) is 0 Å². The van der Waals surface area contributed by atoms with Crippen molar-refractivity contribution < 1.29 is 4.74 Å². The maximum Gasteiger partial charge on any atom is 0.141 e. The summed E-state index contributed by atoms with van der Waals surface area (Å²) >= 11 is 0. The maximum atomic E-state index is 5.45. The zero-order valence-corrected chi connectivity index (χ0v) is 10.7. The average Bonchev–Trinajstić information content (AvgIpc) is 2.94. The number of likely N-dealkylation sites (tertiary alicyclic amines) is 1. The highest BCUT2D eigenvalue weighted by molar-refractivity contribution is 5.03. The first-order valence-corrected chi connectivity index (χ1v) is 5.96. The zero-order valence-electron chi connectivity index (χ0n) is 10.7. The molecule has 0 amide bonds. The van der Waals surface area contributed by atoms with Crippen LogP contribution in [0.5, 0.6) is 0 Å². The van der Waals surface area contributed by atoms with Gasteiger partial charge in [0.15, 0.2) is 0 Å². The van der Waals surface area contributed by atoms with Gasteiger partial charge in [0, 0.05) is 20.2 Å². The van der Waals surface area contributed by atoms with Crippen LogP contribution in [-0.4, -0.2) is 46.4 Å². The summed E-state index contributed by atoms with van der Waals surface area (Å²) in [6.07, 6.45) is 5.06. The molecule has 1 saturated heterocycles. The molecule has 1 aromatic heterocycles. The Hall–Kier alpha value is -1.20. The number of H-pyrrole nitrogens is 1. The van der Waals surface area contributed by atoms with Crippen LogP contribution in [0.2, 0.25) is 0 Å². The molecule has 1 aromatic rings. The van der Waals surface area contributed by atoms with E-state index in [0.717, 1.165) is 25.3 Å². The van der Waals surface area contributed by atoms with Crippen molar-refractivity contribution in [3.05, 3.63) is 23.8 Å². The van der Waals surface area contributed by atoms with Crippen LogP contribution in [-0.2, 0) is 4.74 Å². The lowest BCUT2D eigenvalue weighted by Gasteiger charge is -2.20. The molecule has 5 nitrogen and oxygen atoms in total. The molecule has 94 valence electrons. The predicted molar refractivity (Wildman–Crippen MR) is 65.5 cm³/mol. The van der Waals surface area contributed by atoms with Crippen molar-refractivity contribution in [1.29, 1.82) is 0 Å². The molecule has 0 radical (unpaired) electrons.